The molecule has 0 spiro atoms. The van der Waals surface area contributed by atoms with Gasteiger partial charge in [-0.15, -0.1) is 0 Å². The van der Waals surface area contributed by atoms with E-state index in [9.17, 15) is 0 Å². The van der Waals surface area contributed by atoms with Crippen LogP contribution in [-0.4, -0.2) is 16.7 Å². The summed E-state index contributed by atoms with van der Waals surface area (Å²) in [5.74, 6) is 0. The quantitative estimate of drug-likeness (QED) is 0.746. The Kier molecular flexibility index (Phi) is 3.46. The first-order valence-electron chi connectivity index (χ1n) is 4.93. The maximum atomic E-state index is 4.73. The first kappa shape index (κ1) is 9.86. The molecule has 2 rings (SSSR count). The van der Waals surface area contributed by atoms with E-state index >= 15 is 0 Å². The molecule has 1 N–H and O–H groups in total. The van der Waals surface area contributed by atoms with Gasteiger partial charge in [-0.25, -0.2) is 0 Å². The fourth-order valence-corrected chi connectivity index (χ4v) is 1.33. The Morgan fingerprint density at radius 2 is 2.27 bits per heavy atom. The lowest BCUT2D eigenvalue weighted by Gasteiger charge is -2.02. The average Bonchev–Trinajstić information content (AvgIpc) is 2.79. The first-order chi connectivity index (χ1) is 7.45. The van der Waals surface area contributed by atoms with E-state index in [1.807, 2.05) is 12.3 Å². The van der Waals surface area contributed by atoms with E-state index in [0.717, 1.165) is 25.1 Å². The molecule has 4 heteroatoms. The molecule has 0 amide bonds. The van der Waals surface area contributed by atoms with Crippen molar-refractivity contribution >= 4 is 0 Å². The number of nitrogens with zero attached hydrogens (tertiary/aromatic N) is 2. The Hall–Kier alpha value is -1.68. The van der Waals surface area contributed by atoms with Gasteiger partial charge in [0.05, 0.1) is 6.20 Å². The summed E-state index contributed by atoms with van der Waals surface area (Å²) in [6.07, 6.45) is 8.03. The molecule has 0 saturated carbocycles. The number of aromatic nitrogens is 2. The van der Waals surface area contributed by atoms with Gasteiger partial charge in [-0.3, -0.25) is 4.98 Å². The van der Waals surface area contributed by atoms with Crippen LogP contribution >= 0.6 is 0 Å². The van der Waals surface area contributed by atoms with Crippen LogP contribution in [-0.2, 0) is 13.0 Å². The molecule has 15 heavy (non-hydrogen) atoms. The average molecular weight is 203 g/mol. The molecule has 2 heterocycles. The van der Waals surface area contributed by atoms with Gasteiger partial charge in [0.25, 0.3) is 0 Å². The Balaban J connectivity index is 1.68. The van der Waals surface area contributed by atoms with E-state index in [2.05, 4.69) is 21.5 Å². The molecule has 0 fully saturated rings. The van der Waals surface area contributed by atoms with Crippen LogP contribution in [0.15, 0.2) is 41.5 Å². The van der Waals surface area contributed by atoms with Crippen molar-refractivity contribution in [2.45, 2.75) is 13.0 Å². The SMILES string of the molecule is c1cncc(CCNCc2cnoc2)c1. The molecule has 2 aromatic heterocycles. The van der Waals surface area contributed by atoms with Crippen molar-refractivity contribution in [2.24, 2.45) is 0 Å². The minimum absolute atomic E-state index is 0.795. The smallest absolute Gasteiger partial charge is 0.128 e. The highest BCUT2D eigenvalue weighted by Gasteiger charge is 1.95. The number of nitrogens with one attached hydrogen (secondary N) is 1. The van der Waals surface area contributed by atoms with Crippen molar-refractivity contribution in [2.75, 3.05) is 6.54 Å². The van der Waals surface area contributed by atoms with E-state index in [4.69, 9.17) is 4.52 Å². The third-order valence-corrected chi connectivity index (χ3v) is 2.13. The first-order valence-corrected chi connectivity index (χ1v) is 4.93. The highest BCUT2D eigenvalue weighted by Crippen LogP contribution is 1.97. The highest BCUT2D eigenvalue weighted by molar-refractivity contribution is 5.08. The van der Waals surface area contributed by atoms with Crippen molar-refractivity contribution in [3.05, 3.63) is 48.1 Å². The molecule has 2 aromatic rings. The van der Waals surface area contributed by atoms with Crippen LogP contribution in [0.3, 0.4) is 0 Å². The Morgan fingerprint density at radius 3 is 3.00 bits per heavy atom. The van der Waals surface area contributed by atoms with Crippen molar-refractivity contribution in [3.63, 3.8) is 0 Å². The number of rotatable bonds is 5. The lowest BCUT2D eigenvalue weighted by atomic mass is 10.2. The van der Waals surface area contributed by atoms with E-state index in [1.165, 1.54) is 5.56 Å². The highest BCUT2D eigenvalue weighted by atomic mass is 16.5. The molecular formula is C11H13N3O. The van der Waals surface area contributed by atoms with E-state index in [0.29, 0.717) is 0 Å². The summed E-state index contributed by atoms with van der Waals surface area (Å²) in [4.78, 5) is 4.06. The maximum absolute atomic E-state index is 4.73. The fourth-order valence-electron chi connectivity index (χ4n) is 1.33. The second-order valence-electron chi connectivity index (χ2n) is 3.32. The standard InChI is InChI=1S/C11H13N3O/c1-2-10(6-12-4-1)3-5-13-7-11-8-14-15-9-11/h1-2,4,6,8-9,13H,3,5,7H2. The van der Waals surface area contributed by atoms with Crippen molar-refractivity contribution in [1.82, 2.24) is 15.5 Å². The van der Waals surface area contributed by atoms with E-state index < -0.39 is 0 Å². The van der Waals surface area contributed by atoms with Gasteiger partial charge in [0, 0.05) is 24.5 Å². The molecule has 0 radical (unpaired) electrons. The second-order valence-corrected chi connectivity index (χ2v) is 3.32. The van der Waals surface area contributed by atoms with E-state index in [-0.39, 0.29) is 0 Å². The predicted octanol–water partition coefficient (Wildman–Crippen LogP) is 1.40. The van der Waals surface area contributed by atoms with Gasteiger partial charge >= 0.3 is 0 Å². The summed E-state index contributed by atoms with van der Waals surface area (Å²) in [5.41, 5.74) is 2.32. The molecule has 0 aromatic carbocycles. The minimum atomic E-state index is 0.795. The van der Waals surface area contributed by atoms with Crippen LogP contribution in [0.4, 0.5) is 0 Å². The molecule has 0 aliphatic carbocycles. The lowest BCUT2D eigenvalue weighted by molar-refractivity contribution is 0.418. The van der Waals surface area contributed by atoms with Gasteiger partial charge < -0.3 is 9.84 Å². The topological polar surface area (TPSA) is 51.0 Å². The van der Waals surface area contributed by atoms with Gasteiger partial charge in [0.15, 0.2) is 0 Å². The maximum Gasteiger partial charge on any atom is 0.128 e. The summed E-state index contributed by atoms with van der Waals surface area (Å²) in [7, 11) is 0. The molecule has 0 aliphatic heterocycles. The van der Waals surface area contributed by atoms with Crippen LogP contribution in [0.25, 0.3) is 0 Å². The molecular weight excluding hydrogens is 190 g/mol. The number of pyridine rings is 1. The van der Waals surface area contributed by atoms with Gasteiger partial charge in [-0.2, -0.15) is 0 Å². The Bertz CT molecular complexity index is 372. The second kappa shape index (κ2) is 5.26. The molecule has 0 bridgehead atoms. The summed E-state index contributed by atoms with van der Waals surface area (Å²) in [6, 6.07) is 4.03. The largest absolute Gasteiger partial charge is 0.364 e. The zero-order valence-electron chi connectivity index (χ0n) is 8.39. The zero-order valence-corrected chi connectivity index (χ0v) is 8.39. The van der Waals surface area contributed by atoms with Crippen molar-refractivity contribution in [1.29, 1.82) is 0 Å². The molecule has 4 nitrogen and oxygen atoms in total. The summed E-state index contributed by atoms with van der Waals surface area (Å²) >= 11 is 0. The summed E-state index contributed by atoms with van der Waals surface area (Å²) < 4.78 is 4.73. The molecule has 0 unspecified atom stereocenters. The van der Waals surface area contributed by atoms with Crippen molar-refractivity contribution in [3.8, 4) is 0 Å². The zero-order chi connectivity index (χ0) is 10.3. The van der Waals surface area contributed by atoms with Gasteiger partial charge in [0.1, 0.15) is 6.26 Å². The third kappa shape index (κ3) is 3.18. The monoisotopic (exact) mass is 203 g/mol. The van der Waals surface area contributed by atoms with Crippen LogP contribution in [0, 0.1) is 0 Å². The molecule has 0 saturated heterocycles. The number of hydrogen-bond donors (Lipinski definition) is 1. The Morgan fingerprint density at radius 1 is 1.27 bits per heavy atom. The third-order valence-electron chi connectivity index (χ3n) is 2.13. The molecule has 78 valence electrons. The van der Waals surface area contributed by atoms with E-state index in [1.54, 1.807) is 18.7 Å². The van der Waals surface area contributed by atoms with Crippen LogP contribution in [0.1, 0.15) is 11.1 Å². The molecule has 0 aliphatic rings. The van der Waals surface area contributed by atoms with Crippen LogP contribution in [0.2, 0.25) is 0 Å². The van der Waals surface area contributed by atoms with Gasteiger partial charge in [-0.1, -0.05) is 11.2 Å². The summed E-state index contributed by atoms with van der Waals surface area (Å²) in [5, 5.41) is 6.94. The molecule has 0 atom stereocenters. The summed E-state index contributed by atoms with van der Waals surface area (Å²) in [6.45, 7) is 1.72. The van der Waals surface area contributed by atoms with Gasteiger partial charge in [-0.05, 0) is 24.6 Å². The van der Waals surface area contributed by atoms with Crippen LogP contribution < -0.4 is 5.32 Å². The van der Waals surface area contributed by atoms with Crippen LogP contribution in [0.5, 0.6) is 0 Å². The fraction of sp³-hybridized carbons (Fsp3) is 0.273. The minimum Gasteiger partial charge on any atom is -0.364 e. The van der Waals surface area contributed by atoms with Gasteiger partial charge in [0.2, 0.25) is 0 Å². The predicted molar refractivity (Wildman–Crippen MR) is 56.2 cm³/mol. The normalized spacial score (nSPS) is 10.4. The lowest BCUT2D eigenvalue weighted by Crippen LogP contribution is -2.16. The number of hydrogen-bond acceptors (Lipinski definition) is 4. The van der Waals surface area contributed by atoms with Crippen molar-refractivity contribution < 1.29 is 4.52 Å². The Labute approximate surface area is 88.3 Å².